The van der Waals surface area contributed by atoms with E-state index in [4.69, 9.17) is 9.47 Å². The van der Waals surface area contributed by atoms with Gasteiger partial charge in [-0.05, 0) is 23.4 Å². The fourth-order valence-electron chi connectivity index (χ4n) is 2.40. The van der Waals surface area contributed by atoms with Gasteiger partial charge in [0.25, 0.3) is 0 Å². The normalized spacial score (nSPS) is 15.5. The third kappa shape index (κ3) is 5.42. The molecule has 0 aliphatic carbocycles. The van der Waals surface area contributed by atoms with Crippen molar-refractivity contribution in [1.82, 2.24) is 4.90 Å². The van der Waals surface area contributed by atoms with Crippen molar-refractivity contribution < 1.29 is 36.6 Å². The number of alkyl halides is 3. The van der Waals surface area contributed by atoms with Crippen LogP contribution in [-0.4, -0.2) is 57.1 Å². The lowest BCUT2D eigenvalue weighted by molar-refractivity contribution is -0.153. The van der Waals surface area contributed by atoms with Crippen LogP contribution in [0.4, 0.5) is 17.6 Å². The second-order valence-corrected chi connectivity index (χ2v) is 6.45. The molecule has 146 valence electrons. The number of nitrogens with zero attached hydrogens (tertiary/aromatic N) is 1. The Kier molecular flexibility index (Phi) is 7.42. The fourth-order valence-corrected chi connectivity index (χ4v) is 3.29. The number of halogens is 4. The number of hydrogen-bond acceptors (Lipinski definition) is 6. The molecule has 0 atom stereocenters. The maximum atomic E-state index is 14.5. The van der Waals surface area contributed by atoms with Crippen LogP contribution in [0.2, 0.25) is 0 Å². The summed E-state index contributed by atoms with van der Waals surface area (Å²) in [4.78, 5) is 13.7. The van der Waals surface area contributed by atoms with E-state index < -0.39 is 30.3 Å². The van der Waals surface area contributed by atoms with E-state index in [0.717, 1.165) is 15.3 Å². The van der Waals surface area contributed by atoms with Crippen LogP contribution in [-0.2, 0) is 32.0 Å². The minimum Gasteiger partial charge on any atom is -0.460 e. The maximum absolute atomic E-state index is 14.5. The van der Waals surface area contributed by atoms with Crippen molar-refractivity contribution in [3.8, 4) is 0 Å². The molecule has 0 N–H and O–H groups in total. The van der Waals surface area contributed by atoms with E-state index in [-0.39, 0.29) is 26.3 Å². The van der Waals surface area contributed by atoms with Gasteiger partial charge >= 0.3 is 12.1 Å². The summed E-state index contributed by atoms with van der Waals surface area (Å²) in [7, 11) is 1.46. The quantitative estimate of drug-likeness (QED) is 0.222. The number of thiophene rings is 1. The number of fused-ring (bicyclic) bond motifs is 1. The summed E-state index contributed by atoms with van der Waals surface area (Å²) < 4.78 is 68.4. The van der Waals surface area contributed by atoms with E-state index in [1.54, 1.807) is 11.4 Å². The molecule has 2 heterocycles. The van der Waals surface area contributed by atoms with Gasteiger partial charge in [0.15, 0.2) is 5.57 Å². The van der Waals surface area contributed by atoms with Gasteiger partial charge in [0.2, 0.25) is 5.95 Å². The summed E-state index contributed by atoms with van der Waals surface area (Å²) in [6.07, 6.45) is -4.74. The summed E-state index contributed by atoms with van der Waals surface area (Å²) in [5, 5.41) is 1.80. The minimum atomic E-state index is -5.16. The Balaban J connectivity index is 2.03. The SMILES string of the molecule is COCCOCCOC(=O)C(=C(F)N1CCc2sccc2C1)C(F)(F)F. The third-order valence-electron chi connectivity index (χ3n) is 3.67. The summed E-state index contributed by atoms with van der Waals surface area (Å²) in [6, 6.07) is 1.74. The Bertz CT molecular complexity index is 644. The highest BCUT2D eigenvalue weighted by molar-refractivity contribution is 7.10. The second kappa shape index (κ2) is 9.33. The number of hydrogen-bond donors (Lipinski definition) is 0. The molecule has 0 fully saturated rings. The van der Waals surface area contributed by atoms with Crippen molar-refractivity contribution in [3.63, 3.8) is 0 Å². The first-order chi connectivity index (χ1) is 12.3. The molecule has 1 aliphatic heterocycles. The molecule has 1 aromatic heterocycles. The Hall–Kier alpha value is -1.65. The first kappa shape index (κ1) is 20.7. The van der Waals surface area contributed by atoms with Crippen molar-refractivity contribution >= 4 is 17.3 Å². The van der Waals surface area contributed by atoms with Gasteiger partial charge < -0.3 is 19.1 Å². The predicted octanol–water partition coefficient (Wildman–Crippen LogP) is 3.06. The van der Waals surface area contributed by atoms with Crippen LogP contribution in [0.25, 0.3) is 0 Å². The van der Waals surface area contributed by atoms with Crippen LogP contribution in [0.5, 0.6) is 0 Å². The number of ether oxygens (including phenoxy) is 3. The monoisotopic (exact) mass is 397 g/mol. The molecule has 0 aromatic carbocycles. The van der Waals surface area contributed by atoms with E-state index in [2.05, 4.69) is 4.74 Å². The number of carbonyl (C=O) groups is 1. The molecule has 5 nitrogen and oxygen atoms in total. The van der Waals surface area contributed by atoms with Gasteiger partial charge in [0.1, 0.15) is 6.61 Å². The van der Waals surface area contributed by atoms with E-state index in [9.17, 15) is 22.4 Å². The molecule has 0 radical (unpaired) electrons. The average molecular weight is 397 g/mol. The summed E-state index contributed by atoms with van der Waals surface area (Å²) in [6.45, 7) is 0.0366. The van der Waals surface area contributed by atoms with E-state index in [1.807, 2.05) is 0 Å². The smallest absolute Gasteiger partial charge is 0.427 e. The second-order valence-electron chi connectivity index (χ2n) is 5.45. The number of carbonyl (C=O) groups excluding carboxylic acids is 1. The Morgan fingerprint density at radius 3 is 2.69 bits per heavy atom. The van der Waals surface area contributed by atoms with Crippen LogP contribution in [0.3, 0.4) is 0 Å². The highest BCUT2D eigenvalue weighted by atomic mass is 32.1. The molecule has 1 aliphatic rings. The van der Waals surface area contributed by atoms with Gasteiger partial charge in [0.05, 0.1) is 19.8 Å². The lowest BCUT2D eigenvalue weighted by Crippen LogP contribution is -2.33. The van der Waals surface area contributed by atoms with Crippen LogP contribution < -0.4 is 0 Å². The first-order valence-electron chi connectivity index (χ1n) is 7.85. The molecule has 2 rings (SSSR count). The molecule has 0 spiro atoms. The first-order valence-corrected chi connectivity index (χ1v) is 8.73. The highest BCUT2D eigenvalue weighted by Crippen LogP contribution is 2.34. The molecule has 0 bridgehead atoms. The van der Waals surface area contributed by atoms with Crippen LogP contribution in [0.15, 0.2) is 23.0 Å². The lowest BCUT2D eigenvalue weighted by Gasteiger charge is -2.28. The van der Waals surface area contributed by atoms with Crippen molar-refractivity contribution in [1.29, 1.82) is 0 Å². The van der Waals surface area contributed by atoms with Crippen molar-refractivity contribution in [3.05, 3.63) is 33.4 Å². The van der Waals surface area contributed by atoms with Crippen molar-refractivity contribution in [2.75, 3.05) is 40.1 Å². The van der Waals surface area contributed by atoms with Gasteiger partial charge in [-0.2, -0.15) is 17.6 Å². The van der Waals surface area contributed by atoms with Crippen LogP contribution >= 0.6 is 11.3 Å². The maximum Gasteiger partial charge on any atom is 0.427 e. The standard InChI is InChI=1S/C16H19F4NO4S/c1-23-5-6-24-7-8-25-15(22)13(16(18,19)20)14(17)21-4-2-12-11(10-21)3-9-26-12/h3,9H,2,4-8,10H2,1H3. The van der Waals surface area contributed by atoms with E-state index in [1.165, 1.54) is 18.4 Å². The fraction of sp³-hybridized carbons (Fsp3) is 0.562. The van der Waals surface area contributed by atoms with Crippen molar-refractivity contribution in [2.45, 2.75) is 19.1 Å². The number of rotatable bonds is 8. The van der Waals surface area contributed by atoms with Gasteiger partial charge in [-0.1, -0.05) is 0 Å². The number of esters is 1. The van der Waals surface area contributed by atoms with Crippen LogP contribution in [0, 0.1) is 0 Å². The molecule has 10 heteroatoms. The number of methoxy groups -OCH3 is 1. The van der Waals surface area contributed by atoms with Crippen LogP contribution in [0.1, 0.15) is 10.4 Å². The molecular weight excluding hydrogens is 378 g/mol. The molecule has 0 amide bonds. The topological polar surface area (TPSA) is 48.0 Å². The van der Waals surface area contributed by atoms with Gasteiger partial charge in [0, 0.05) is 25.1 Å². The summed E-state index contributed by atoms with van der Waals surface area (Å²) >= 11 is 1.48. The molecule has 26 heavy (non-hydrogen) atoms. The average Bonchev–Trinajstić information content (AvgIpc) is 3.04. The zero-order chi connectivity index (χ0) is 19.2. The van der Waals surface area contributed by atoms with Gasteiger partial charge in [-0.3, -0.25) is 0 Å². The largest absolute Gasteiger partial charge is 0.460 e. The molecular formula is C16H19F4NO4S. The van der Waals surface area contributed by atoms with Crippen molar-refractivity contribution in [2.24, 2.45) is 0 Å². The van der Waals surface area contributed by atoms with E-state index >= 15 is 0 Å². The minimum absolute atomic E-state index is 0.0162. The van der Waals surface area contributed by atoms with Gasteiger partial charge in [-0.25, -0.2) is 4.79 Å². The zero-order valence-corrected chi connectivity index (χ0v) is 14.9. The lowest BCUT2D eigenvalue weighted by atomic mass is 10.1. The van der Waals surface area contributed by atoms with Gasteiger partial charge in [-0.15, -0.1) is 11.3 Å². The molecule has 0 unspecified atom stereocenters. The Morgan fingerprint density at radius 2 is 2.00 bits per heavy atom. The Morgan fingerprint density at radius 1 is 1.27 bits per heavy atom. The Labute approximate surface area is 152 Å². The summed E-state index contributed by atoms with van der Waals surface area (Å²) in [5.74, 6) is -3.36. The summed E-state index contributed by atoms with van der Waals surface area (Å²) in [5.41, 5.74) is -1.16. The zero-order valence-electron chi connectivity index (χ0n) is 14.1. The third-order valence-corrected chi connectivity index (χ3v) is 4.69. The molecule has 0 saturated carbocycles. The molecule has 1 aromatic rings. The molecule has 0 saturated heterocycles. The predicted molar refractivity (Wildman–Crippen MR) is 86.3 cm³/mol. The van der Waals surface area contributed by atoms with E-state index in [0.29, 0.717) is 13.0 Å². The highest BCUT2D eigenvalue weighted by Gasteiger charge is 2.45.